The molecular weight excluding hydrogens is 501 g/mol. The van der Waals surface area contributed by atoms with Crippen molar-refractivity contribution in [2.24, 2.45) is 5.92 Å². The van der Waals surface area contributed by atoms with Crippen LogP contribution in [0.2, 0.25) is 15.1 Å². The Labute approximate surface area is 211 Å². The summed E-state index contributed by atoms with van der Waals surface area (Å²) in [5.41, 5.74) is 0.960. The van der Waals surface area contributed by atoms with Crippen molar-refractivity contribution in [3.8, 4) is 5.75 Å². The Morgan fingerprint density at radius 1 is 1.03 bits per heavy atom. The van der Waals surface area contributed by atoms with E-state index in [2.05, 4.69) is 10.6 Å². The molecule has 2 heterocycles. The highest BCUT2D eigenvalue weighted by Crippen LogP contribution is 2.50. The Bertz CT molecular complexity index is 1270. The molecule has 3 aromatic rings. The zero-order chi connectivity index (χ0) is 23.3. The molecule has 2 aliphatic heterocycles. The predicted octanol–water partition coefficient (Wildman–Crippen LogP) is 6.45. The summed E-state index contributed by atoms with van der Waals surface area (Å²) < 4.78 is 6.53. The minimum Gasteiger partial charge on any atom is -0.467 e. The first-order valence-corrected chi connectivity index (χ1v) is 11.7. The smallest absolute Gasteiger partial charge is 0.236 e. The fraction of sp³-hybridized carbons (Fsp3) is 0.167. The second-order valence-electron chi connectivity index (χ2n) is 8.06. The van der Waals surface area contributed by atoms with E-state index in [-0.39, 0.29) is 5.91 Å². The van der Waals surface area contributed by atoms with Crippen LogP contribution in [0.1, 0.15) is 18.5 Å². The number of nitrogens with one attached hydrogen (secondary N) is 2. The number of hydrogen-bond acceptors (Lipinski definition) is 3. The van der Waals surface area contributed by atoms with Crippen LogP contribution >= 0.6 is 47.0 Å². The molecule has 1 saturated heterocycles. The molecular formula is C24H18Cl3N3O2S. The number of nitrogens with zero attached hydrogens (tertiary/aromatic N) is 1. The van der Waals surface area contributed by atoms with Gasteiger partial charge in [-0.25, -0.2) is 0 Å². The number of halogens is 3. The molecule has 3 atom stereocenters. The minimum atomic E-state index is -1.14. The van der Waals surface area contributed by atoms with E-state index in [0.29, 0.717) is 37.3 Å². The molecule has 0 spiro atoms. The summed E-state index contributed by atoms with van der Waals surface area (Å²) in [5.74, 6) is -0.299. The lowest BCUT2D eigenvalue weighted by molar-refractivity contribution is -0.130. The Kier molecular flexibility index (Phi) is 5.65. The SMILES string of the molecule is C[C@]12Oc3ccc(Cl)cc3[C@@H](NC(=S)N1c1cccc(Cl)c1)[C@@H]2C(=O)Nc1ccc(Cl)cc1. The molecule has 9 heteroatoms. The molecule has 2 aliphatic rings. The molecule has 0 aromatic heterocycles. The lowest BCUT2D eigenvalue weighted by Gasteiger charge is -2.56. The molecule has 0 unspecified atom stereocenters. The van der Waals surface area contributed by atoms with Crippen molar-refractivity contribution < 1.29 is 9.53 Å². The molecule has 2 bridgehead atoms. The number of benzene rings is 3. The lowest BCUT2D eigenvalue weighted by atomic mass is 9.78. The molecule has 0 radical (unpaired) electrons. The van der Waals surface area contributed by atoms with Crippen molar-refractivity contribution in [3.63, 3.8) is 0 Å². The van der Waals surface area contributed by atoms with Crippen molar-refractivity contribution in [3.05, 3.63) is 87.4 Å². The summed E-state index contributed by atoms with van der Waals surface area (Å²) in [6, 6.07) is 19.1. The number of carbonyl (C=O) groups is 1. The van der Waals surface area contributed by atoms with Gasteiger partial charge < -0.3 is 15.4 Å². The van der Waals surface area contributed by atoms with Gasteiger partial charge in [-0.1, -0.05) is 40.9 Å². The number of fused-ring (bicyclic) bond motifs is 4. The summed E-state index contributed by atoms with van der Waals surface area (Å²) in [6.07, 6.45) is 0. The Hall–Kier alpha value is -2.51. The number of amides is 1. The Morgan fingerprint density at radius 3 is 2.45 bits per heavy atom. The molecule has 2 N–H and O–H groups in total. The molecule has 0 aliphatic carbocycles. The van der Waals surface area contributed by atoms with E-state index in [0.717, 1.165) is 5.56 Å². The Morgan fingerprint density at radius 2 is 1.73 bits per heavy atom. The maximum atomic E-state index is 13.7. The highest BCUT2D eigenvalue weighted by atomic mass is 35.5. The van der Waals surface area contributed by atoms with Crippen LogP contribution in [0.5, 0.6) is 5.75 Å². The van der Waals surface area contributed by atoms with Gasteiger partial charge in [-0.05, 0) is 79.8 Å². The van der Waals surface area contributed by atoms with Crippen LogP contribution in [0.15, 0.2) is 66.7 Å². The van der Waals surface area contributed by atoms with Crippen LogP contribution in [-0.2, 0) is 4.79 Å². The van der Waals surface area contributed by atoms with E-state index >= 15 is 0 Å². The summed E-state index contributed by atoms with van der Waals surface area (Å²) in [6.45, 7) is 1.86. The molecule has 1 amide bonds. The number of thiocarbonyl (C=S) groups is 1. The van der Waals surface area contributed by atoms with E-state index in [4.69, 9.17) is 51.8 Å². The van der Waals surface area contributed by atoms with Crippen LogP contribution in [0.3, 0.4) is 0 Å². The third-order valence-electron chi connectivity index (χ3n) is 5.92. The average Bonchev–Trinajstić information content (AvgIpc) is 2.75. The van der Waals surface area contributed by atoms with Gasteiger partial charge in [0, 0.05) is 32.0 Å². The fourth-order valence-corrected chi connectivity index (χ4v) is 5.42. The van der Waals surface area contributed by atoms with Gasteiger partial charge in [-0.3, -0.25) is 9.69 Å². The topological polar surface area (TPSA) is 53.6 Å². The number of hydrogen-bond donors (Lipinski definition) is 2. The van der Waals surface area contributed by atoms with Crippen LogP contribution in [0.4, 0.5) is 11.4 Å². The van der Waals surface area contributed by atoms with Gasteiger partial charge >= 0.3 is 0 Å². The van der Waals surface area contributed by atoms with E-state index < -0.39 is 17.7 Å². The maximum Gasteiger partial charge on any atom is 0.236 e. The fourth-order valence-electron chi connectivity index (χ4n) is 4.51. The number of anilines is 2. The average molecular weight is 519 g/mol. The lowest BCUT2D eigenvalue weighted by Crippen LogP contribution is -2.72. The van der Waals surface area contributed by atoms with Crippen molar-refractivity contribution in [2.75, 3.05) is 10.2 Å². The van der Waals surface area contributed by atoms with Gasteiger partial charge in [-0.2, -0.15) is 0 Å². The van der Waals surface area contributed by atoms with E-state index in [1.165, 1.54) is 0 Å². The first-order chi connectivity index (χ1) is 15.8. The standard InChI is InChI=1S/C24H18Cl3N3O2S/c1-24-20(22(31)28-16-8-5-13(25)6-9-16)21(18-12-15(27)7-10-19(18)32-24)29-23(33)30(24)17-4-2-3-14(26)11-17/h2-12,20-21H,1H3,(H,28,31)(H,29,33)/t20-,21-,24-/m1/s1. The van der Waals surface area contributed by atoms with Gasteiger partial charge in [0.25, 0.3) is 0 Å². The third kappa shape index (κ3) is 3.91. The maximum absolute atomic E-state index is 13.7. The van der Waals surface area contributed by atoms with Gasteiger partial charge in [0.05, 0.1) is 6.04 Å². The van der Waals surface area contributed by atoms with Crippen molar-refractivity contribution >= 4 is 69.4 Å². The van der Waals surface area contributed by atoms with Crippen LogP contribution in [0.25, 0.3) is 0 Å². The number of carbonyl (C=O) groups excluding carboxylic acids is 1. The van der Waals surface area contributed by atoms with Crippen molar-refractivity contribution in [1.82, 2.24) is 5.32 Å². The molecule has 168 valence electrons. The molecule has 3 aromatic carbocycles. The summed E-state index contributed by atoms with van der Waals surface area (Å²) in [5, 5.41) is 8.43. The first-order valence-electron chi connectivity index (χ1n) is 10.2. The molecule has 33 heavy (non-hydrogen) atoms. The predicted molar refractivity (Wildman–Crippen MR) is 136 cm³/mol. The quantitative estimate of drug-likeness (QED) is 0.391. The third-order valence-corrected chi connectivity index (χ3v) is 6.94. The zero-order valence-corrected chi connectivity index (χ0v) is 20.4. The normalized spacial score (nSPS) is 23.3. The summed E-state index contributed by atoms with van der Waals surface area (Å²) in [4.78, 5) is 15.5. The van der Waals surface area contributed by atoms with E-state index in [1.807, 2.05) is 25.1 Å². The van der Waals surface area contributed by atoms with E-state index in [1.54, 1.807) is 53.4 Å². The highest BCUT2D eigenvalue weighted by Gasteiger charge is 2.59. The number of ether oxygens (including phenoxy) is 1. The molecule has 1 fully saturated rings. The van der Waals surface area contributed by atoms with Crippen LogP contribution in [-0.4, -0.2) is 16.7 Å². The molecule has 5 rings (SSSR count). The highest BCUT2D eigenvalue weighted by molar-refractivity contribution is 7.80. The minimum absolute atomic E-state index is 0.238. The largest absolute Gasteiger partial charge is 0.467 e. The number of rotatable bonds is 3. The van der Waals surface area contributed by atoms with Crippen molar-refractivity contribution in [1.29, 1.82) is 0 Å². The molecule has 5 nitrogen and oxygen atoms in total. The summed E-state index contributed by atoms with van der Waals surface area (Å²) >= 11 is 24.3. The van der Waals surface area contributed by atoms with Crippen LogP contribution in [0, 0.1) is 5.92 Å². The van der Waals surface area contributed by atoms with Gasteiger partial charge in [-0.15, -0.1) is 0 Å². The monoisotopic (exact) mass is 517 g/mol. The summed E-state index contributed by atoms with van der Waals surface area (Å²) in [7, 11) is 0. The van der Waals surface area contributed by atoms with Gasteiger partial charge in [0.2, 0.25) is 5.91 Å². The Balaban J connectivity index is 1.63. The first kappa shape index (κ1) is 22.3. The zero-order valence-electron chi connectivity index (χ0n) is 17.3. The van der Waals surface area contributed by atoms with E-state index in [9.17, 15) is 4.79 Å². The van der Waals surface area contributed by atoms with Gasteiger partial charge in [0.15, 0.2) is 10.8 Å². The second kappa shape index (κ2) is 8.37. The van der Waals surface area contributed by atoms with Gasteiger partial charge in [0.1, 0.15) is 11.7 Å². The second-order valence-corrected chi connectivity index (χ2v) is 9.75. The van der Waals surface area contributed by atoms with Crippen LogP contribution < -0.4 is 20.3 Å². The van der Waals surface area contributed by atoms with Crippen molar-refractivity contribution in [2.45, 2.75) is 18.7 Å². The molecule has 0 saturated carbocycles.